The van der Waals surface area contributed by atoms with Gasteiger partial charge in [-0.1, -0.05) is 6.92 Å². The first-order chi connectivity index (χ1) is 9.24. The smallest absolute Gasteiger partial charge is 0.147 e. The van der Waals surface area contributed by atoms with Crippen LogP contribution >= 0.6 is 0 Å². The summed E-state index contributed by atoms with van der Waals surface area (Å²) >= 11 is 0. The van der Waals surface area contributed by atoms with Gasteiger partial charge in [-0.15, -0.1) is 0 Å². The van der Waals surface area contributed by atoms with E-state index in [1.807, 2.05) is 7.05 Å². The van der Waals surface area contributed by atoms with Crippen molar-refractivity contribution >= 4 is 9.84 Å². The summed E-state index contributed by atoms with van der Waals surface area (Å²) in [5.41, 5.74) is 0.905. The summed E-state index contributed by atoms with van der Waals surface area (Å²) in [6.07, 6.45) is 10.4. The minimum absolute atomic E-state index is 0.326. The standard InChI is InChI=1S/C16H29NO2S/c1-15-7-12-6-13(8-15)10-16(9-12,11-15)14(17-2)4-5-20(3,18)19/h12-14,17H,4-11H2,1-3H3. The van der Waals surface area contributed by atoms with E-state index in [1.165, 1.54) is 44.8 Å². The predicted octanol–water partition coefficient (Wildman–Crippen LogP) is 2.62. The molecule has 0 aromatic heterocycles. The van der Waals surface area contributed by atoms with Gasteiger partial charge in [0.1, 0.15) is 9.84 Å². The Morgan fingerprint density at radius 2 is 1.80 bits per heavy atom. The van der Waals surface area contributed by atoms with E-state index in [0.717, 1.165) is 18.3 Å². The van der Waals surface area contributed by atoms with Crippen LogP contribution in [0.2, 0.25) is 0 Å². The lowest BCUT2D eigenvalue weighted by Crippen LogP contribution is -2.58. The third-order valence-corrected chi connectivity index (χ3v) is 7.24. The molecule has 3 unspecified atom stereocenters. The molecule has 3 nitrogen and oxygen atoms in total. The van der Waals surface area contributed by atoms with Gasteiger partial charge in [0.25, 0.3) is 0 Å². The molecule has 0 amide bonds. The summed E-state index contributed by atoms with van der Waals surface area (Å²) in [6, 6.07) is 0.377. The maximum absolute atomic E-state index is 11.5. The topological polar surface area (TPSA) is 46.2 Å². The molecule has 1 N–H and O–H groups in total. The first-order valence-corrected chi connectivity index (χ1v) is 10.1. The van der Waals surface area contributed by atoms with Gasteiger partial charge < -0.3 is 5.32 Å². The molecule has 4 aliphatic rings. The molecule has 0 radical (unpaired) electrons. The Kier molecular flexibility index (Phi) is 3.49. The van der Waals surface area contributed by atoms with Crippen molar-refractivity contribution in [2.75, 3.05) is 19.1 Å². The molecule has 116 valence electrons. The molecule has 0 saturated heterocycles. The fourth-order valence-corrected chi connectivity index (χ4v) is 6.96. The Bertz CT molecular complexity index is 471. The van der Waals surface area contributed by atoms with Gasteiger partial charge in [-0.05, 0) is 74.7 Å². The largest absolute Gasteiger partial charge is 0.316 e. The molecule has 3 atom stereocenters. The zero-order valence-corrected chi connectivity index (χ0v) is 13.9. The fraction of sp³-hybridized carbons (Fsp3) is 1.00. The van der Waals surface area contributed by atoms with Gasteiger partial charge in [0, 0.05) is 12.3 Å². The average molecular weight is 299 g/mol. The Labute approximate surface area is 123 Å². The van der Waals surface area contributed by atoms with Crippen molar-refractivity contribution < 1.29 is 8.42 Å². The van der Waals surface area contributed by atoms with Crippen LogP contribution in [0.15, 0.2) is 0 Å². The lowest BCUT2D eigenvalue weighted by atomic mass is 9.43. The van der Waals surface area contributed by atoms with E-state index in [0.29, 0.717) is 22.6 Å². The lowest BCUT2D eigenvalue weighted by molar-refractivity contribution is -0.117. The molecule has 0 aromatic rings. The molecule has 4 fully saturated rings. The van der Waals surface area contributed by atoms with Crippen LogP contribution in [0.5, 0.6) is 0 Å². The summed E-state index contributed by atoms with van der Waals surface area (Å²) < 4.78 is 23.0. The van der Waals surface area contributed by atoms with Gasteiger partial charge in [-0.2, -0.15) is 0 Å². The third kappa shape index (κ3) is 2.66. The van der Waals surface area contributed by atoms with Crippen LogP contribution in [-0.4, -0.2) is 33.5 Å². The summed E-state index contributed by atoms with van der Waals surface area (Å²) in [4.78, 5) is 0. The molecule has 0 heterocycles. The van der Waals surface area contributed by atoms with E-state index >= 15 is 0 Å². The summed E-state index contributed by atoms with van der Waals surface area (Å²) in [6.45, 7) is 2.47. The minimum atomic E-state index is -2.86. The van der Waals surface area contributed by atoms with Crippen LogP contribution in [0, 0.1) is 22.7 Å². The molecule has 4 bridgehead atoms. The van der Waals surface area contributed by atoms with Crippen LogP contribution in [-0.2, 0) is 9.84 Å². The Morgan fingerprint density at radius 1 is 1.20 bits per heavy atom. The zero-order valence-electron chi connectivity index (χ0n) is 13.1. The second-order valence-corrected chi connectivity index (χ2v) is 10.7. The second-order valence-electron chi connectivity index (χ2n) is 8.39. The van der Waals surface area contributed by atoms with Crippen molar-refractivity contribution in [1.82, 2.24) is 5.32 Å². The average Bonchev–Trinajstić information content (AvgIpc) is 2.23. The molecule has 4 heteroatoms. The van der Waals surface area contributed by atoms with Crippen LogP contribution < -0.4 is 5.32 Å². The van der Waals surface area contributed by atoms with E-state index in [9.17, 15) is 8.42 Å². The second kappa shape index (κ2) is 4.70. The molecule has 20 heavy (non-hydrogen) atoms. The monoisotopic (exact) mass is 299 g/mol. The number of nitrogens with one attached hydrogen (secondary N) is 1. The Balaban J connectivity index is 1.80. The maximum atomic E-state index is 11.5. The summed E-state index contributed by atoms with van der Waals surface area (Å²) in [7, 11) is -0.834. The zero-order chi connectivity index (χ0) is 14.6. The molecule has 0 spiro atoms. The predicted molar refractivity (Wildman–Crippen MR) is 82.4 cm³/mol. The SMILES string of the molecule is CNC(CCS(C)(=O)=O)C12CC3CC(CC(C)(C3)C1)C2. The highest BCUT2D eigenvalue weighted by atomic mass is 32.2. The van der Waals surface area contributed by atoms with E-state index in [1.54, 1.807) is 0 Å². The molecule has 0 aromatic carbocycles. The van der Waals surface area contributed by atoms with E-state index in [4.69, 9.17) is 0 Å². The first-order valence-electron chi connectivity index (χ1n) is 8.09. The van der Waals surface area contributed by atoms with Crippen molar-refractivity contribution in [3.63, 3.8) is 0 Å². The van der Waals surface area contributed by atoms with Gasteiger partial charge in [0.2, 0.25) is 0 Å². The van der Waals surface area contributed by atoms with Crippen LogP contribution in [0.1, 0.15) is 51.9 Å². The van der Waals surface area contributed by atoms with Gasteiger partial charge in [-0.3, -0.25) is 0 Å². The fourth-order valence-electron chi connectivity index (χ4n) is 6.29. The normalized spacial score (nSPS) is 44.8. The Morgan fingerprint density at radius 3 is 2.25 bits per heavy atom. The molecular weight excluding hydrogens is 270 g/mol. The number of sulfone groups is 1. The van der Waals surface area contributed by atoms with Crippen molar-refractivity contribution in [3.8, 4) is 0 Å². The third-order valence-electron chi connectivity index (χ3n) is 6.26. The molecule has 0 aliphatic heterocycles. The van der Waals surface area contributed by atoms with Crippen LogP contribution in [0.4, 0.5) is 0 Å². The summed E-state index contributed by atoms with van der Waals surface area (Å²) in [5.74, 6) is 2.12. The van der Waals surface area contributed by atoms with E-state index < -0.39 is 9.84 Å². The van der Waals surface area contributed by atoms with Gasteiger partial charge in [0.05, 0.1) is 5.75 Å². The Hall–Kier alpha value is -0.0900. The quantitative estimate of drug-likeness (QED) is 0.849. The van der Waals surface area contributed by atoms with Gasteiger partial charge in [-0.25, -0.2) is 8.42 Å². The van der Waals surface area contributed by atoms with E-state index in [-0.39, 0.29) is 0 Å². The molecule has 4 aliphatic carbocycles. The van der Waals surface area contributed by atoms with Crippen LogP contribution in [0.3, 0.4) is 0 Å². The highest BCUT2D eigenvalue weighted by molar-refractivity contribution is 7.90. The minimum Gasteiger partial charge on any atom is -0.316 e. The highest BCUT2D eigenvalue weighted by Crippen LogP contribution is 2.66. The van der Waals surface area contributed by atoms with E-state index in [2.05, 4.69) is 12.2 Å². The lowest BCUT2D eigenvalue weighted by Gasteiger charge is -2.63. The van der Waals surface area contributed by atoms with Crippen molar-refractivity contribution in [2.45, 2.75) is 57.9 Å². The number of rotatable bonds is 5. The summed E-state index contributed by atoms with van der Waals surface area (Å²) in [5, 5.41) is 3.48. The number of hydrogen-bond donors (Lipinski definition) is 1. The van der Waals surface area contributed by atoms with Gasteiger partial charge >= 0.3 is 0 Å². The van der Waals surface area contributed by atoms with Crippen molar-refractivity contribution in [1.29, 1.82) is 0 Å². The molecule has 4 saturated carbocycles. The molecular formula is C16H29NO2S. The van der Waals surface area contributed by atoms with Crippen molar-refractivity contribution in [3.05, 3.63) is 0 Å². The highest BCUT2D eigenvalue weighted by Gasteiger charge is 2.57. The molecule has 4 rings (SSSR count). The van der Waals surface area contributed by atoms with Gasteiger partial charge in [0.15, 0.2) is 0 Å². The first kappa shape index (κ1) is 14.8. The maximum Gasteiger partial charge on any atom is 0.147 e. The number of hydrogen-bond acceptors (Lipinski definition) is 3. The van der Waals surface area contributed by atoms with Crippen molar-refractivity contribution in [2.24, 2.45) is 22.7 Å². The van der Waals surface area contributed by atoms with Crippen LogP contribution in [0.25, 0.3) is 0 Å².